The molecule has 5 nitrogen and oxygen atoms in total. The largest absolute Gasteiger partial charge is 0.492 e. The highest BCUT2D eigenvalue weighted by molar-refractivity contribution is 9.10. The molecule has 2 rings (SSSR count). The zero-order valence-electron chi connectivity index (χ0n) is 15.8. The van der Waals surface area contributed by atoms with Gasteiger partial charge in [0.05, 0.1) is 17.7 Å². The van der Waals surface area contributed by atoms with E-state index >= 15 is 0 Å². The average Bonchev–Trinajstić information content (AvgIpc) is 2.67. The first-order valence-corrected chi connectivity index (χ1v) is 9.97. The summed E-state index contributed by atoms with van der Waals surface area (Å²) in [5, 5.41) is 2.89. The maximum atomic E-state index is 12.5. The van der Waals surface area contributed by atoms with Crippen molar-refractivity contribution in [2.24, 2.45) is 0 Å². The molecule has 0 bridgehead atoms. The van der Waals surface area contributed by atoms with E-state index in [9.17, 15) is 4.79 Å². The number of anilines is 1. The molecule has 0 heterocycles. The zero-order valence-corrected chi connectivity index (χ0v) is 17.4. The molecule has 0 radical (unpaired) electrons. The van der Waals surface area contributed by atoms with E-state index in [1.165, 1.54) is 0 Å². The van der Waals surface area contributed by atoms with Crippen LogP contribution in [0.15, 0.2) is 46.9 Å². The quantitative estimate of drug-likeness (QED) is 0.486. The van der Waals surface area contributed by atoms with Crippen LogP contribution in [0.4, 0.5) is 5.69 Å². The van der Waals surface area contributed by atoms with Crippen LogP contribution in [0.2, 0.25) is 0 Å². The number of halogens is 1. The van der Waals surface area contributed by atoms with Crippen LogP contribution in [-0.4, -0.2) is 32.3 Å². The summed E-state index contributed by atoms with van der Waals surface area (Å²) in [6.45, 7) is 6.39. The summed E-state index contributed by atoms with van der Waals surface area (Å²) in [5.74, 6) is 1.24. The number of amides is 1. The summed E-state index contributed by atoms with van der Waals surface area (Å²) in [5.41, 5.74) is 1.22. The molecule has 0 aromatic heterocycles. The molecule has 2 aromatic carbocycles. The monoisotopic (exact) mass is 435 g/mol. The van der Waals surface area contributed by atoms with Gasteiger partial charge in [0.1, 0.15) is 18.1 Å². The van der Waals surface area contributed by atoms with Gasteiger partial charge < -0.3 is 19.5 Å². The van der Waals surface area contributed by atoms with E-state index in [1.807, 2.05) is 31.2 Å². The second-order valence-corrected chi connectivity index (χ2v) is 6.73. The Morgan fingerprint density at radius 1 is 1.04 bits per heavy atom. The first kappa shape index (κ1) is 21.3. The number of hydrogen-bond acceptors (Lipinski definition) is 4. The van der Waals surface area contributed by atoms with E-state index in [0.717, 1.165) is 23.1 Å². The summed E-state index contributed by atoms with van der Waals surface area (Å²) in [4.78, 5) is 12.5. The van der Waals surface area contributed by atoms with Gasteiger partial charge in [0.15, 0.2) is 0 Å². The number of unbranched alkanes of at least 4 members (excludes halogenated alkanes) is 1. The Morgan fingerprint density at radius 2 is 1.89 bits per heavy atom. The van der Waals surface area contributed by atoms with Crippen molar-refractivity contribution in [3.8, 4) is 11.5 Å². The minimum atomic E-state index is -0.192. The molecule has 0 saturated carbocycles. The third-order valence-electron chi connectivity index (χ3n) is 3.74. The molecule has 0 saturated heterocycles. The van der Waals surface area contributed by atoms with Crippen LogP contribution in [0.25, 0.3) is 0 Å². The highest BCUT2D eigenvalue weighted by atomic mass is 79.9. The van der Waals surface area contributed by atoms with Crippen LogP contribution in [-0.2, 0) is 4.74 Å². The van der Waals surface area contributed by atoms with Crippen molar-refractivity contribution in [2.75, 3.05) is 31.7 Å². The van der Waals surface area contributed by atoms with Gasteiger partial charge in [0.2, 0.25) is 0 Å². The Hall–Kier alpha value is -2.05. The second kappa shape index (κ2) is 11.6. The molecule has 27 heavy (non-hydrogen) atoms. The number of ether oxygens (including phenoxy) is 3. The van der Waals surface area contributed by atoms with Crippen LogP contribution in [0.3, 0.4) is 0 Å². The van der Waals surface area contributed by atoms with Crippen LogP contribution in [0.5, 0.6) is 11.5 Å². The normalized spacial score (nSPS) is 10.5. The molecule has 0 aliphatic heterocycles. The smallest absolute Gasteiger partial charge is 0.255 e. The molecular formula is C21H26BrNO4. The number of hydrogen-bond donors (Lipinski definition) is 1. The molecule has 6 heteroatoms. The topological polar surface area (TPSA) is 56.8 Å². The predicted molar refractivity (Wildman–Crippen MR) is 111 cm³/mol. The fourth-order valence-corrected chi connectivity index (χ4v) is 2.81. The molecule has 2 aromatic rings. The van der Waals surface area contributed by atoms with E-state index in [1.54, 1.807) is 18.2 Å². The maximum absolute atomic E-state index is 12.5. The molecular weight excluding hydrogens is 410 g/mol. The Balaban J connectivity index is 1.95. The van der Waals surface area contributed by atoms with E-state index in [-0.39, 0.29) is 5.91 Å². The Labute approximate surface area is 169 Å². The van der Waals surface area contributed by atoms with E-state index in [2.05, 4.69) is 28.2 Å². The number of nitrogens with one attached hydrogen (secondary N) is 1. The lowest BCUT2D eigenvalue weighted by Crippen LogP contribution is -2.12. The lowest BCUT2D eigenvalue weighted by Gasteiger charge is -2.11. The molecule has 0 spiro atoms. The standard InChI is InChI=1S/C21H26BrNO4/c1-3-5-11-27-20-10-9-16(14-19(20)22)21(24)23-17-7-6-8-18(15-17)26-13-12-25-4-2/h6-10,14-15H,3-5,11-13H2,1-2H3,(H,23,24). The maximum Gasteiger partial charge on any atom is 0.255 e. The van der Waals surface area contributed by atoms with Gasteiger partial charge in [0.25, 0.3) is 5.91 Å². The van der Waals surface area contributed by atoms with Crippen LogP contribution < -0.4 is 14.8 Å². The number of benzene rings is 2. The van der Waals surface area contributed by atoms with Gasteiger partial charge in [-0.2, -0.15) is 0 Å². The summed E-state index contributed by atoms with van der Waals surface area (Å²) in [7, 11) is 0. The van der Waals surface area contributed by atoms with Crippen molar-refractivity contribution in [1.82, 2.24) is 0 Å². The van der Waals surface area contributed by atoms with Gasteiger partial charge in [-0.05, 0) is 59.6 Å². The van der Waals surface area contributed by atoms with Gasteiger partial charge in [-0.3, -0.25) is 4.79 Å². The minimum Gasteiger partial charge on any atom is -0.492 e. The lowest BCUT2D eigenvalue weighted by atomic mass is 10.2. The molecule has 0 unspecified atom stereocenters. The van der Waals surface area contributed by atoms with E-state index < -0.39 is 0 Å². The van der Waals surface area contributed by atoms with Gasteiger partial charge >= 0.3 is 0 Å². The zero-order chi connectivity index (χ0) is 19.5. The predicted octanol–water partition coefficient (Wildman–Crippen LogP) is 5.30. The first-order chi connectivity index (χ1) is 13.1. The van der Waals surface area contributed by atoms with E-state index in [4.69, 9.17) is 14.2 Å². The molecule has 1 amide bonds. The third-order valence-corrected chi connectivity index (χ3v) is 4.36. The third kappa shape index (κ3) is 7.23. The molecule has 0 fully saturated rings. The summed E-state index contributed by atoms with van der Waals surface area (Å²) < 4.78 is 17.3. The van der Waals surface area contributed by atoms with Gasteiger partial charge in [-0.25, -0.2) is 0 Å². The SMILES string of the molecule is CCCCOc1ccc(C(=O)Nc2cccc(OCCOCC)c2)cc1Br. The van der Waals surface area contributed by atoms with Gasteiger partial charge in [0, 0.05) is 23.9 Å². The molecule has 0 aliphatic carbocycles. The van der Waals surface area contributed by atoms with Crippen molar-refractivity contribution in [3.05, 3.63) is 52.5 Å². The Kier molecular flexibility index (Phi) is 9.15. The van der Waals surface area contributed by atoms with Crippen molar-refractivity contribution in [3.63, 3.8) is 0 Å². The Bertz CT molecular complexity index is 736. The molecule has 146 valence electrons. The summed E-state index contributed by atoms with van der Waals surface area (Å²) in [6.07, 6.45) is 2.07. The fourth-order valence-electron chi connectivity index (χ4n) is 2.32. The first-order valence-electron chi connectivity index (χ1n) is 9.18. The van der Waals surface area contributed by atoms with Crippen LogP contribution >= 0.6 is 15.9 Å². The Morgan fingerprint density at radius 3 is 2.63 bits per heavy atom. The van der Waals surface area contributed by atoms with Crippen molar-refractivity contribution >= 4 is 27.5 Å². The van der Waals surface area contributed by atoms with Crippen molar-refractivity contribution in [1.29, 1.82) is 0 Å². The lowest BCUT2D eigenvalue weighted by molar-refractivity contribution is 0.102. The number of rotatable bonds is 11. The van der Waals surface area contributed by atoms with Crippen LogP contribution in [0.1, 0.15) is 37.0 Å². The molecule has 0 aliphatic rings. The summed E-state index contributed by atoms with van der Waals surface area (Å²) in [6, 6.07) is 12.6. The second-order valence-electron chi connectivity index (χ2n) is 5.87. The molecule has 1 N–H and O–H groups in total. The number of carbonyl (C=O) groups excluding carboxylic acids is 1. The van der Waals surface area contributed by atoms with Gasteiger partial charge in [-0.1, -0.05) is 19.4 Å². The van der Waals surface area contributed by atoms with Crippen molar-refractivity contribution in [2.45, 2.75) is 26.7 Å². The minimum absolute atomic E-state index is 0.192. The number of carbonyl (C=O) groups is 1. The summed E-state index contributed by atoms with van der Waals surface area (Å²) >= 11 is 3.47. The van der Waals surface area contributed by atoms with E-state index in [0.29, 0.717) is 43.4 Å². The molecule has 0 atom stereocenters. The van der Waals surface area contributed by atoms with Gasteiger partial charge in [-0.15, -0.1) is 0 Å². The van der Waals surface area contributed by atoms with Crippen LogP contribution in [0, 0.1) is 0 Å². The van der Waals surface area contributed by atoms with Crippen molar-refractivity contribution < 1.29 is 19.0 Å². The highest BCUT2D eigenvalue weighted by Gasteiger charge is 2.10. The highest BCUT2D eigenvalue weighted by Crippen LogP contribution is 2.27. The average molecular weight is 436 g/mol. The fraction of sp³-hybridized carbons (Fsp3) is 0.381.